The molecule has 1 atom stereocenters. The van der Waals surface area contributed by atoms with Crippen molar-refractivity contribution in [3.63, 3.8) is 0 Å². The lowest BCUT2D eigenvalue weighted by Gasteiger charge is -2.32. The Bertz CT molecular complexity index is 954. The van der Waals surface area contributed by atoms with Crippen molar-refractivity contribution in [3.8, 4) is 11.6 Å². The maximum Gasteiger partial charge on any atom is 0.241 e. The highest BCUT2D eigenvalue weighted by Crippen LogP contribution is 2.33. The van der Waals surface area contributed by atoms with Gasteiger partial charge in [-0.2, -0.15) is 5.10 Å². The SMILES string of the molecule is Cc1nn(C)cc1CN1CCCC(c2nccnc2Oc2cccnc2C)C1. The fraction of sp³-hybridized carbons (Fsp3) is 0.429. The van der Waals surface area contributed by atoms with E-state index in [9.17, 15) is 0 Å². The largest absolute Gasteiger partial charge is 0.435 e. The third-order valence-electron chi connectivity index (χ3n) is 5.26. The molecule has 4 heterocycles. The van der Waals surface area contributed by atoms with E-state index in [0.717, 1.165) is 55.3 Å². The van der Waals surface area contributed by atoms with Crippen molar-refractivity contribution in [3.05, 3.63) is 59.6 Å². The molecule has 4 rings (SSSR count). The second-order valence-corrected chi connectivity index (χ2v) is 7.42. The molecule has 0 aliphatic carbocycles. The normalized spacial score (nSPS) is 17.6. The first kappa shape index (κ1) is 18.6. The van der Waals surface area contributed by atoms with Crippen molar-refractivity contribution < 1.29 is 4.74 Å². The molecule has 0 radical (unpaired) electrons. The zero-order chi connectivity index (χ0) is 19.5. The van der Waals surface area contributed by atoms with Crippen LogP contribution in [0.1, 0.15) is 41.4 Å². The number of ether oxygens (including phenoxy) is 1. The van der Waals surface area contributed by atoms with Crippen LogP contribution in [0.5, 0.6) is 11.6 Å². The van der Waals surface area contributed by atoms with Crippen LogP contribution in [0, 0.1) is 13.8 Å². The van der Waals surface area contributed by atoms with E-state index in [1.165, 1.54) is 5.56 Å². The summed E-state index contributed by atoms with van der Waals surface area (Å²) in [6, 6.07) is 3.79. The molecule has 0 amide bonds. The average molecular weight is 378 g/mol. The van der Waals surface area contributed by atoms with Gasteiger partial charge in [0.15, 0.2) is 5.75 Å². The van der Waals surface area contributed by atoms with E-state index in [0.29, 0.717) is 11.8 Å². The predicted octanol–water partition coefficient (Wildman–Crippen LogP) is 3.39. The number of pyridine rings is 1. The van der Waals surface area contributed by atoms with Gasteiger partial charge in [-0.25, -0.2) is 4.98 Å². The van der Waals surface area contributed by atoms with Gasteiger partial charge in [0, 0.05) is 56.4 Å². The van der Waals surface area contributed by atoms with Crippen LogP contribution in [0.15, 0.2) is 36.9 Å². The fourth-order valence-electron chi connectivity index (χ4n) is 3.84. The average Bonchev–Trinajstić information content (AvgIpc) is 3.01. The van der Waals surface area contributed by atoms with Crippen LogP contribution in [-0.2, 0) is 13.6 Å². The third kappa shape index (κ3) is 4.04. The van der Waals surface area contributed by atoms with Crippen molar-refractivity contribution in [2.24, 2.45) is 7.05 Å². The Kier molecular flexibility index (Phi) is 5.34. The highest BCUT2D eigenvalue weighted by atomic mass is 16.5. The van der Waals surface area contributed by atoms with Gasteiger partial charge in [-0.05, 0) is 45.4 Å². The topological polar surface area (TPSA) is 69.0 Å². The van der Waals surface area contributed by atoms with Crippen LogP contribution in [0.25, 0.3) is 0 Å². The maximum atomic E-state index is 6.10. The molecule has 0 aromatic carbocycles. The van der Waals surface area contributed by atoms with Gasteiger partial charge in [0.05, 0.1) is 11.4 Å². The van der Waals surface area contributed by atoms with Crippen molar-refractivity contribution in [2.75, 3.05) is 13.1 Å². The van der Waals surface area contributed by atoms with Crippen molar-refractivity contribution in [1.29, 1.82) is 0 Å². The van der Waals surface area contributed by atoms with Gasteiger partial charge in [-0.15, -0.1) is 0 Å². The first-order valence-electron chi connectivity index (χ1n) is 9.72. The number of rotatable bonds is 5. The Hall–Kier alpha value is -2.80. The summed E-state index contributed by atoms with van der Waals surface area (Å²) in [7, 11) is 1.97. The summed E-state index contributed by atoms with van der Waals surface area (Å²) < 4.78 is 7.99. The Morgan fingerprint density at radius 1 is 1.11 bits per heavy atom. The highest BCUT2D eigenvalue weighted by Gasteiger charge is 2.26. The molecule has 1 saturated heterocycles. The lowest BCUT2D eigenvalue weighted by atomic mass is 9.94. The van der Waals surface area contributed by atoms with Crippen molar-refractivity contribution in [2.45, 2.75) is 39.2 Å². The van der Waals surface area contributed by atoms with Gasteiger partial charge in [0.1, 0.15) is 5.69 Å². The minimum Gasteiger partial charge on any atom is -0.435 e. The van der Waals surface area contributed by atoms with Crippen molar-refractivity contribution >= 4 is 0 Å². The van der Waals surface area contributed by atoms with E-state index in [2.05, 4.69) is 38.1 Å². The minimum absolute atomic E-state index is 0.298. The van der Waals surface area contributed by atoms with Crippen LogP contribution in [0.2, 0.25) is 0 Å². The van der Waals surface area contributed by atoms with Gasteiger partial charge < -0.3 is 4.74 Å². The predicted molar refractivity (Wildman–Crippen MR) is 106 cm³/mol. The van der Waals surface area contributed by atoms with E-state index in [1.807, 2.05) is 30.8 Å². The first-order chi connectivity index (χ1) is 13.6. The summed E-state index contributed by atoms with van der Waals surface area (Å²) in [4.78, 5) is 15.9. The van der Waals surface area contributed by atoms with Crippen LogP contribution in [0.4, 0.5) is 0 Å². The number of aromatic nitrogens is 5. The van der Waals surface area contributed by atoms with Gasteiger partial charge in [-0.1, -0.05) is 0 Å². The van der Waals surface area contributed by atoms with Crippen LogP contribution < -0.4 is 4.74 Å². The molecule has 1 unspecified atom stereocenters. The van der Waals surface area contributed by atoms with Crippen molar-refractivity contribution in [1.82, 2.24) is 29.6 Å². The molecular formula is C21H26N6O. The molecule has 146 valence electrons. The van der Waals surface area contributed by atoms with E-state index in [1.54, 1.807) is 18.6 Å². The summed E-state index contributed by atoms with van der Waals surface area (Å²) in [6.45, 7) is 6.94. The van der Waals surface area contributed by atoms with Gasteiger partial charge in [0.2, 0.25) is 5.88 Å². The van der Waals surface area contributed by atoms with E-state index >= 15 is 0 Å². The van der Waals surface area contributed by atoms with Gasteiger partial charge in [0.25, 0.3) is 0 Å². The monoisotopic (exact) mass is 378 g/mol. The third-order valence-corrected chi connectivity index (χ3v) is 5.26. The fourth-order valence-corrected chi connectivity index (χ4v) is 3.84. The molecular weight excluding hydrogens is 352 g/mol. The lowest BCUT2D eigenvalue weighted by Crippen LogP contribution is -2.34. The number of likely N-dealkylation sites (tertiary alicyclic amines) is 1. The number of aryl methyl sites for hydroxylation is 3. The second-order valence-electron chi connectivity index (χ2n) is 7.42. The van der Waals surface area contributed by atoms with Crippen LogP contribution >= 0.6 is 0 Å². The number of nitrogens with zero attached hydrogens (tertiary/aromatic N) is 6. The van der Waals surface area contributed by atoms with Crippen LogP contribution in [0.3, 0.4) is 0 Å². The molecule has 0 spiro atoms. The summed E-state index contributed by atoms with van der Waals surface area (Å²) in [5.41, 5.74) is 4.15. The standard InChI is InChI=1S/C21H26N6O/c1-15-18(12-26(3)25-15)14-27-11-5-6-17(13-27)20-21(24-10-9-23-20)28-19-7-4-8-22-16(19)2/h4,7-10,12,17H,5-6,11,13-14H2,1-3H3. The maximum absolute atomic E-state index is 6.10. The summed E-state index contributed by atoms with van der Waals surface area (Å²) >= 11 is 0. The second kappa shape index (κ2) is 8.06. The smallest absolute Gasteiger partial charge is 0.241 e. The highest BCUT2D eigenvalue weighted by molar-refractivity contribution is 5.33. The molecule has 1 aliphatic rings. The molecule has 0 N–H and O–H groups in total. The molecule has 3 aromatic rings. The number of hydrogen-bond acceptors (Lipinski definition) is 6. The molecule has 0 saturated carbocycles. The molecule has 7 nitrogen and oxygen atoms in total. The lowest BCUT2D eigenvalue weighted by molar-refractivity contribution is 0.196. The number of piperidine rings is 1. The Morgan fingerprint density at radius 3 is 2.75 bits per heavy atom. The summed E-state index contributed by atoms with van der Waals surface area (Å²) in [6.07, 6.45) is 9.53. The molecule has 1 fully saturated rings. The molecule has 28 heavy (non-hydrogen) atoms. The van der Waals surface area contributed by atoms with Gasteiger partial charge >= 0.3 is 0 Å². The summed E-state index contributed by atoms with van der Waals surface area (Å²) in [5.74, 6) is 1.61. The molecule has 0 bridgehead atoms. The quantitative estimate of drug-likeness (QED) is 0.678. The van der Waals surface area contributed by atoms with Gasteiger partial charge in [-0.3, -0.25) is 19.5 Å². The minimum atomic E-state index is 0.298. The van der Waals surface area contributed by atoms with Crippen LogP contribution in [-0.4, -0.2) is 42.7 Å². The molecule has 7 heteroatoms. The number of hydrogen-bond donors (Lipinski definition) is 0. The zero-order valence-electron chi connectivity index (χ0n) is 16.7. The summed E-state index contributed by atoms with van der Waals surface area (Å²) in [5, 5.41) is 4.46. The first-order valence-corrected chi connectivity index (χ1v) is 9.72. The Morgan fingerprint density at radius 2 is 1.96 bits per heavy atom. The van der Waals surface area contributed by atoms with E-state index in [-0.39, 0.29) is 0 Å². The Balaban J connectivity index is 1.52. The zero-order valence-corrected chi connectivity index (χ0v) is 16.7. The molecule has 1 aliphatic heterocycles. The van der Waals surface area contributed by atoms with E-state index in [4.69, 9.17) is 4.74 Å². The van der Waals surface area contributed by atoms with E-state index < -0.39 is 0 Å². The Labute approximate surface area is 165 Å². The molecule has 3 aromatic heterocycles.